The van der Waals surface area contributed by atoms with Gasteiger partial charge in [0.25, 0.3) is 0 Å². The minimum absolute atomic E-state index is 0.0425. The van der Waals surface area contributed by atoms with Gasteiger partial charge in [-0.3, -0.25) is 0 Å². The van der Waals surface area contributed by atoms with E-state index in [1.54, 1.807) is 18.2 Å². The largest absolute Gasteiger partial charge is 0.489 e. The first-order chi connectivity index (χ1) is 7.70. The molecule has 0 aromatic heterocycles. The maximum atomic E-state index is 9.67. The van der Waals surface area contributed by atoms with Crippen LogP contribution in [0.5, 0.6) is 5.75 Å². The van der Waals surface area contributed by atoms with Crippen molar-refractivity contribution < 1.29 is 14.9 Å². The van der Waals surface area contributed by atoms with E-state index in [2.05, 4.69) is 0 Å². The number of aliphatic hydroxyl groups is 2. The van der Waals surface area contributed by atoms with Crippen LogP contribution in [0.25, 0.3) is 0 Å². The normalized spacial score (nSPS) is 17.2. The zero-order valence-electron chi connectivity index (χ0n) is 8.90. The van der Waals surface area contributed by atoms with Gasteiger partial charge in [0.15, 0.2) is 0 Å². The highest BCUT2D eigenvalue weighted by Gasteiger charge is 2.24. The summed E-state index contributed by atoms with van der Waals surface area (Å²) in [5.74, 6) is 0.670. The number of hydrogen-bond donors (Lipinski definition) is 2. The summed E-state index contributed by atoms with van der Waals surface area (Å²) < 4.78 is 5.59. The molecular weight excluding hydrogens is 228 g/mol. The lowest BCUT2D eigenvalue weighted by atomic mass is 10.1. The smallest absolute Gasteiger partial charge is 0.138 e. The van der Waals surface area contributed by atoms with E-state index in [0.29, 0.717) is 28.9 Å². The van der Waals surface area contributed by atoms with Crippen LogP contribution in [0.2, 0.25) is 5.02 Å². The number of benzene rings is 1. The van der Waals surface area contributed by atoms with Crippen molar-refractivity contribution in [3.63, 3.8) is 0 Å². The van der Waals surface area contributed by atoms with E-state index in [4.69, 9.17) is 21.4 Å². The fraction of sp³-hybridized carbons (Fsp3) is 0.500. The van der Waals surface area contributed by atoms with Crippen molar-refractivity contribution in [2.45, 2.75) is 31.5 Å². The molecule has 0 bridgehead atoms. The highest BCUT2D eigenvalue weighted by Crippen LogP contribution is 2.33. The summed E-state index contributed by atoms with van der Waals surface area (Å²) in [5, 5.41) is 18.9. The van der Waals surface area contributed by atoms with E-state index in [-0.39, 0.29) is 6.61 Å². The zero-order chi connectivity index (χ0) is 11.5. The van der Waals surface area contributed by atoms with Gasteiger partial charge in [-0.05, 0) is 30.5 Å². The van der Waals surface area contributed by atoms with Gasteiger partial charge in [-0.2, -0.15) is 0 Å². The van der Waals surface area contributed by atoms with Gasteiger partial charge in [0.1, 0.15) is 5.75 Å². The van der Waals surface area contributed by atoms with E-state index in [1.165, 1.54) is 0 Å². The number of hydrogen-bond acceptors (Lipinski definition) is 3. The van der Waals surface area contributed by atoms with Gasteiger partial charge in [-0.25, -0.2) is 0 Å². The van der Waals surface area contributed by atoms with Crippen molar-refractivity contribution in [1.82, 2.24) is 0 Å². The minimum atomic E-state index is -0.669. The van der Waals surface area contributed by atoms with E-state index in [1.807, 2.05) is 0 Å². The Bertz CT molecular complexity index is 363. The molecule has 4 heteroatoms. The Kier molecular flexibility index (Phi) is 3.69. The molecule has 1 aliphatic carbocycles. The fourth-order valence-corrected chi connectivity index (χ4v) is 1.71. The van der Waals surface area contributed by atoms with Crippen LogP contribution in [0.3, 0.4) is 0 Å². The third kappa shape index (κ3) is 2.88. The Morgan fingerprint density at radius 1 is 1.44 bits per heavy atom. The Morgan fingerprint density at radius 2 is 2.19 bits per heavy atom. The molecule has 2 N–H and O–H groups in total. The Labute approximate surface area is 99.6 Å². The van der Waals surface area contributed by atoms with E-state index < -0.39 is 6.10 Å². The number of halogens is 1. The number of aliphatic hydroxyl groups excluding tert-OH is 2. The summed E-state index contributed by atoms with van der Waals surface area (Å²) in [4.78, 5) is 0. The maximum Gasteiger partial charge on any atom is 0.138 e. The standard InChI is InChI=1S/C12H15ClO3/c13-10-7-8(11(15)5-6-14)1-4-12(10)16-9-2-3-9/h1,4,7,9,11,14-15H,2-3,5-6H2. The maximum absolute atomic E-state index is 9.67. The average molecular weight is 243 g/mol. The predicted octanol–water partition coefficient (Wildman–Crippen LogP) is 2.30. The Hall–Kier alpha value is -0.770. The van der Waals surface area contributed by atoms with Gasteiger partial charge in [-0.1, -0.05) is 17.7 Å². The lowest BCUT2D eigenvalue weighted by Gasteiger charge is -2.12. The third-order valence-electron chi connectivity index (χ3n) is 2.56. The molecule has 0 amide bonds. The molecule has 0 heterocycles. The zero-order valence-corrected chi connectivity index (χ0v) is 9.65. The number of ether oxygens (including phenoxy) is 1. The molecule has 0 radical (unpaired) electrons. The van der Waals surface area contributed by atoms with Crippen molar-refractivity contribution in [1.29, 1.82) is 0 Å². The van der Waals surface area contributed by atoms with Crippen molar-refractivity contribution >= 4 is 11.6 Å². The topological polar surface area (TPSA) is 49.7 Å². The molecule has 88 valence electrons. The van der Waals surface area contributed by atoms with Crippen LogP contribution < -0.4 is 4.74 Å². The molecular formula is C12H15ClO3. The molecule has 1 aromatic carbocycles. The molecule has 0 saturated heterocycles. The van der Waals surface area contributed by atoms with Crippen molar-refractivity contribution in [2.24, 2.45) is 0 Å². The second-order valence-corrected chi connectivity index (χ2v) is 4.44. The SMILES string of the molecule is OCCC(O)c1ccc(OC2CC2)c(Cl)c1. The molecule has 1 atom stereocenters. The lowest BCUT2D eigenvalue weighted by molar-refractivity contribution is 0.134. The fourth-order valence-electron chi connectivity index (χ4n) is 1.47. The molecule has 1 aliphatic rings. The van der Waals surface area contributed by atoms with Gasteiger partial charge >= 0.3 is 0 Å². The van der Waals surface area contributed by atoms with Gasteiger partial charge in [0.2, 0.25) is 0 Å². The Balaban J connectivity index is 2.08. The van der Waals surface area contributed by atoms with Crippen LogP contribution in [-0.4, -0.2) is 22.9 Å². The summed E-state index contributed by atoms with van der Waals surface area (Å²) in [6, 6.07) is 5.25. The first-order valence-corrected chi connectivity index (χ1v) is 5.83. The van der Waals surface area contributed by atoms with Crippen molar-refractivity contribution in [3.8, 4) is 5.75 Å². The average Bonchev–Trinajstić information content (AvgIpc) is 3.05. The molecule has 1 aromatic rings. The van der Waals surface area contributed by atoms with Crippen LogP contribution >= 0.6 is 11.6 Å². The molecule has 16 heavy (non-hydrogen) atoms. The molecule has 1 fully saturated rings. The summed E-state index contributed by atoms with van der Waals surface area (Å²) in [5.41, 5.74) is 0.710. The van der Waals surface area contributed by atoms with Gasteiger partial charge in [0.05, 0.1) is 17.2 Å². The monoisotopic (exact) mass is 242 g/mol. The van der Waals surface area contributed by atoms with Crippen LogP contribution in [-0.2, 0) is 0 Å². The van der Waals surface area contributed by atoms with E-state index in [9.17, 15) is 5.11 Å². The highest BCUT2D eigenvalue weighted by molar-refractivity contribution is 6.32. The van der Waals surface area contributed by atoms with Crippen LogP contribution in [0, 0.1) is 0 Å². The van der Waals surface area contributed by atoms with Crippen molar-refractivity contribution in [2.75, 3.05) is 6.61 Å². The molecule has 0 aliphatic heterocycles. The van der Waals surface area contributed by atoms with E-state index >= 15 is 0 Å². The third-order valence-corrected chi connectivity index (χ3v) is 2.86. The summed E-state index contributed by atoms with van der Waals surface area (Å²) in [6.07, 6.45) is 2.14. The summed E-state index contributed by atoms with van der Waals surface area (Å²) in [6.45, 7) is -0.0425. The van der Waals surface area contributed by atoms with Crippen LogP contribution in [0.4, 0.5) is 0 Å². The molecule has 2 rings (SSSR count). The molecule has 0 spiro atoms. The van der Waals surface area contributed by atoms with Crippen LogP contribution in [0.1, 0.15) is 30.9 Å². The highest BCUT2D eigenvalue weighted by atomic mass is 35.5. The van der Waals surface area contributed by atoms with Crippen LogP contribution in [0.15, 0.2) is 18.2 Å². The predicted molar refractivity (Wildman–Crippen MR) is 61.8 cm³/mol. The summed E-state index contributed by atoms with van der Waals surface area (Å²) >= 11 is 6.05. The summed E-state index contributed by atoms with van der Waals surface area (Å²) in [7, 11) is 0. The second-order valence-electron chi connectivity index (χ2n) is 4.04. The Morgan fingerprint density at radius 3 is 2.75 bits per heavy atom. The molecule has 3 nitrogen and oxygen atoms in total. The van der Waals surface area contributed by atoms with E-state index in [0.717, 1.165) is 12.8 Å². The lowest BCUT2D eigenvalue weighted by Crippen LogP contribution is -2.01. The quantitative estimate of drug-likeness (QED) is 0.833. The van der Waals surface area contributed by atoms with Gasteiger partial charge < -0.3 is 14.9 Å². The molecule has 1 saturated carbocycles. The minimum Gasteiger partial charge on any atom is -0.489 e. The first kappa shape index (κ1) is 11.7. The van der Waals surface area contributed by atoms with Gasteiger partial charge in [-0.15, -0.1) is 0 Å². The number of rotatable bonds is 5. The first-order valence-electron chi connectivity index (χ1n) is 5.45. The van der Waals surface area contributed by atoms with Crippen molar-refractivity contribution in [3.05, 3.63) is 28.8 Å². The van der Waals surface area contributed by atoms with Gasteiger partial charge in [0, 0.05) is 13.0 Å². The molecule has 1 unspecified atom stereocenters. The second kappa shape index (κ2) is 5.04.